The van der Waals surface area contributed by atoms with Gasteiger partial charge in [0.1, 0.15) is 11.5 Å². The molecule has 0 saturated carbocycles. The summed E-state index contributed by atoms with van der Waals surface area (Å²) in [6.45, 7) is 2.96. The summed E-state index contributed by atoms with van der Waals surface area (Å²) in [4.78, 5) is 13.7. The van der Waals surface area contributed by atoms with E-state index in [2.05, 4.69) is 10.5 Å². The highest BCUT2D eigenvalue weighted by molar-refractivity contribution is 7.88. The Balaban J connectivity index is 1.88. The molecule has 22 heavy (non-hydrogen) atoms. The lowest BCUT2D eigenvalue weighted by Gasteiger charge is -2.32. The van der Waals surface area contributed by atoms with E-state index in [4.69, 9.17) is 4.52 Å². The summed E-state index contributed by atoms with van der Waals surface area (Å²) in [5, 5.41) is 6.72. The summed E-state index contributed by atoms with van der Waals surface area (Å²) in [5.41, 5.74) is 0.677. The number of amides is 2. The lowest BCUT2D eigenvalue weighted by atomic mass is 10.1. The minimum absolute atomic E-state index is 0.169. The molecule has 2 heterocycles. The first-order chi connectivity index (χ1) is 10.3. The number of hydrogen-bond acceptors (Lipinski definition) is 5. The van der Waals surface area contributed by atoms with E-state index in [1.807, 2.05) is 0 Å². The van der Waals surface area contributed by atoms with Crippen LogP contribution < -0.4 is 5.32 Å². The number of hydrogen-bond donors (Lipinski definition) is 1. The Labute approximate surface area is 130 Å². The molecule has 1 unspecified atom stereocenters. The number of nitrogens with zero attached hydrogens (tertiary/aromatic N) is 3. The molecule has 0 spiro atoms. The first-order valence-electron chi connectivity index (χ1n) is 7.14. The topological polar surface area (TPSA) is 95.8 Å². The van der Waals surface area contributed by atoms with E-state index in [1.54, 1.807) is 20.0 Å². The third kappa shape index (κ3) is 4.44. The maximum atomic E-state index is 12.2. The van der Waals surface area contributed by atoms with Crippen LogP contribution in [0.2, 0.25) is 0 Å². The van der Waals surface area contributed by atoms with Gasteiger partial charge in [-0.15, -0.1) is 0 Å². The number of nitrogens with one attached hydrogen (secondary N) is 1. The van der Waals surface area contributed by atoms with E-state index in [1.165, 1.54) is 15.5 Å². The molecule has 1 aliphatic rings. The zero-order valence-electron chi connectivity index (χ0n) is 13.1. The van der Waals surface area contributed by atoms with E-state index in [0.29, 0.717) is 31.1 Å². The largest absolute Gasteiger partial charge is 0.361 e. The second-order valence-corrected chi connectivity index (χ2v) is 7.68. The fourth-order valence-electron chi connectivity index (χ4n) is 2.45. The summed E-state index contributed by atoms with van der Waals surface area (Å²) in [5.74, 6) is 0.694. The molecule has 1 atom stereocenters. The lowest BCUT2D eigenvalue weighted by molar-refractivity contribution is 0.193. The molecular weight excluding hydrogens is 308 g/mol. The molecular formula is C13H22N4O4S. The molecule has 124 valence electrons. The highest BCUT2D eigenvalue weighted by atomic mass is 32.2. The van der Waals surface area contributed by atoms with Crippen molar-refractivity contribution in [1.82, 2.24) is 19.7 Å². The smallest absolute Gasteiger partial charge is 0.317 e. The molecule has 9 heteroatoms. The second kappa shape index (κ2) is 6.66. The number of urea groups is 1. The van der Waals surface area contributed by atoms with Crippen molar-refractivity contribution in [3.63, 3.8) is 0 Å². The first-order valence-corrected chi connectivity index (χ1v) is 8.99. The average molecular weight is 330 g/mol. The van der Waals surface area contributed by atoms with Gasteiger partial charge in [-0.05, 0) is 19.8 Å². The van der Waals surface area contributed by atoms with Gasteiger partial charge in [0.15, 0.2) is 0 Å². The first kappa shape index (κ1) is 16.8. The van der Waals surface area contributed by atoms with E-state index in [0.717, 1.165) is 12.8 Å². The molecule has 2 amide bonds. The fourth-order valence-corrected chi connectivity index (χ4v) is 3.37. The lowest BCUT2D eigenvalue weighted by Crippen LogP contribution is -2.51. The molecule has 1 aromatic heterocycles. The Hall–Kier alpha value is -1.61. The Morgan fingerprint density at radius 3 is 2.91 bits per heavy atom. The van der Waals surface area contributed by atoms with Gasteiger partial charge < -0.3 is 14.7 Å². The van der Waals surface area contributed by atoms with Crippen molar-refractivity contribution in [2.24, 2.45) is 0 Å². The molecule has 1 saturated heterocycles. The predicted molar refractivity (Wildman–Crippen MR) is 80.7 cm³/mol. The van der Waals surface area contributed by atoms with Gasteiger partial charge in [-0.3, -0.25) is 0 Å². The third-order valence-corrected chi connectivity index (χ3v) is 4.87. The molecule has 0 bridgehead atoms. The van der Waals surface area contributed by atoms with Crippen molar-refractivity contribution in [3.05, 3.63) is 17.5 Å². The second-order valence-electron chi connectivity index (χ2n) is 5.69. The SMILES string of the molecule is Cc1cc(CN(C)C(=O)NC2CCCN(S(C)(=O)=O)C2)no1. The van der Waals surface area contributed by atoms with Crippen molar-refractivity contribution in [2.45, 2.75) is 32.4 Å². The highest BCUT2D eigenvalue weighted by Gasteiger charge is 2.27. The zero-order valence-corrected chi connectivity index (χ0v) is 13.9. The molecule has 0 radical (unpaired) electrons. The van der Waals surface area contributed by atoms with Gasteiger partial charge in [0.05, 0.1) is 12.8 Å². The maximum Gasteiger partial charge on any atom is 0.317 e. The van der Waals surface area contributed by atoms with Crippen LogP contribution in [0.5, 0.6) is 0 Å². The molecule has 1 aliphatic heterocycles. The van der Waals surface area contributed by atoms with Gasteiger partial charge in [-0.1, -0.05) is 5.16 Å². The average Bonchev–Trinajstić information content (AvgIpc) is 2.83. The summed E-state index contributed by atoms with van der Waals surface area (Å²) in [6, 6.07) is 1.36. The Morgan fingerprint density at radius 2 is 2.32 bits per heavy atom. The normalized spacial score (nSPS) is 19.9. The summed E-state index contributed by atoms with van der Waals surface area (Å²) >= 11 is 0. The van der Waals surface area contributed by atoms with Crippen LogP contribution in [0.15, 0.2) is 10.6 Å². The molecule has 8 nitrogen and oxygen atoms in total. The number of carbonyl (C=O) groups is 1. The maximum absolute atomic E-state index is 12.2. The minimum Gasteiger partial charge on any atom is -0.361 e. The van der Waals surface area contributed by atoms with Gasteiger partial charge in [-0.2, -0.15) is 0 Å². The molecule has 1 fully saturated rings. The van der Waals surface area contributed by atoms with Crippen molar-refractivity contribution in [3.8, 4) is 0 Å². The van der Waals surface area contributed by atoms with Gasteiger partial charge >= 0.3 is 6.03 Å². The monoisotopic (exact) mass is 330 g/mol. The van der Waals surface area contributed by atoms with Crippen LogP contribution in [0.25, 0.3) is 0 Å². The number of carbonyl (C=O) groups excluding carboxylic acids is 1. The van der Waals surface area contributed by atoms with Gasteiger partial charge in [-0.25, -0.2) is 17.5 Å². The van der Waals surface area contributed by atoms with Crippen molar-refractivity contribution >= 4 is 16.1 Å². The number of piperidine rings is 1. The van der Waals surface area contributed by atoms with Gasteiger partial charge in [0.25, 0.3) is 0 Å². The van der Waals surface area contributed by atoms with Gasteiger partial charge in [0, 0.05) is 32.2 Å². The van der Waals surface area contributed by atoms with E-state index in [9.17, 15) is 13.2 Å². The molecule has 1 aromatic rings. The van der Waals surface area contributed by atoms with E-state index >= 15 is 0 Å². The van der Waals surface area contributed by atoms with E-state index < -0.39 is 10.0 Å². The number of rotatable bonds is 4. The van der Waals surface area contributed by atoms with E-state index in [-0.39, 0.29) is 12.1 Å². The van der Waals surface area contributed by atoms with Crippen molar-refractivity contribution < 1.29 is 17.7 Å². The quantitative estimate of drug-likeness (QED) is 0.870. The zero-order chi connectivity index (χ0) is 16.3. The predicted octanol–water partition coefficient (Wildman–Crippen LogP) is 0.548. The van der Waals surface area contributed by atoms with Crippen LogP contribution in [0, 0.1) is 6.92 Å². The van der Waals surface area contributed by atoms with Crippen LogP contribution >= 0.6 is 0 Å². The van der Waals surface area contributed by atoms with Crippen LogP contribution in [-0.4, -0.2) is 61.2 Å². The number of aromatic nitrogens is 1. The Morgan fingerprint density at radius 1 is 1.59 bits per heavy atom. The van der Waals surface area contributed by atoms with Crippen LogP contribution in [0.1, 0.15) is 24.3 Å². The van der Waals surface area contributed by atoms with Gasteiger partial charge in [0.2, 0.25) is 10.0 Å². The number of sulfonamides is 1. The third-order valence-electron chi connectivity index (χ3n) is 3.60. The van der Waals surface area contributed by atoms with Crippen LogP contribution in [-0.2, 0) is 16.6 Å². The Kier molecular flexibility index (Phi) is 5.07. The van der Waals surface area contributed by atoms with Crippen LogP contribution in [0.3, 0.4) is 0 Å². The molecule has 0 aromatic carbocycles. The summed E-state index contributed by atoms with van der Waals surface area (Å²) < 4.78 is 29.5. The number of aryl methyl sites for hydroxylation is 1. The van der Waals surface area contributed by atoms with Crippen molar-refractivity contribution in [1.29, 1.82) is 0 Å². The molecule has 2 rings (SSSR count). The van der Waals surface area contributed by atoms with Crippen molar-refractivity contribution in [2.75, 3.05) is 26.4 Å². The highest BCUT2D eigenvalue weighted by Crippen LogP contribution is 2.13. The Bertz CT molecular complexity index is 628. The van der Waals surface area contributed by atoms with Crippen LogP contribution in [0.4, 0.5) is 4.79 Å². The summed E-state index contributed by atoms with van der Waals surface area (Å²) in [6.07, 6.45) is 2.70. The fraction of sp³-hybridized carbons (Fsp3) is 0.692. The molecule has 0 aliphatic carbocycles. The minimum atomic E-state index is -3.21. The summed E-state index contributed by atoms with van der Waals surface area (Å²) in [7, 11) is -1.55. The molecule has 1 N–H and O–H groups in total. The standard InChI is InChI=1S/C13H22N4O4S/c1-10-7-12(15-21-10)8-16(2)13(18)14-11-5-4-6-17(9-11)22(3,19)20/h7,11H,4-6,8-9H2,1-3H3,(H,14,18).